The van der Waals surface area contributed by atoms with E-state index in [-0.39, 0.29) is 0 Å². The van der Waals surface area contributed by atoms with Crippen molar-refractivity contribution >= 4 is 27.4 Å². The summed E-state index contributed by atoms with van der Waals surface area (Å²) in [6.45, 7) is 0.580. The smallest absolute Gasteiger partial charge is 0.147 e. The Kier molecular flexibility index (Phi) is 2.72. The number of aliphatic hydroxyl groups is 1. The van der Waals surface area contributed by atoms with E-state index in [4.69, 9.17) is 0 Å². The summed E-state index contributed by atoms with van der Waals surface area (Å²) >= 11 is 1.63. The molecule has 0 aliphatic heterocycles. The summed E-state index contributed by atoms with van der Waals surface area (Å²) in [6, 6.07) is 1.98. The van der Waals surface area contributed by atoms with Crippen molar-refractivity contribution in [3.8, 4) is 0 Å². The molecule has 3 rings (SSSR count). The summed E-state index contributed by atoms with van der Waals surface area (Å²) in [4.78, 5) is 8.44. The SMILES string of the molecule is OC1(CNc2ncnc3ccsc23)CCCC1. The Balaban J connectivity index is 1.78. The fourth-order valence-electron chi connectivity index (χ4n) is 2.37. The quantitative estimate of drug-likeness (QED) is 0.877. The fraction of sp³-hybridized carbons (Fsp3) is 0.500. The molecule has 0 amide bonds. The monoisotopic (exact) mass is 249 g/mol. The summed E-state index contributed by atoms with van der Waals surface area (Å²) < 4.78 is 1.06. The third-order valence-corrected chi connectivity index (χ3v) is 4.27. The molecule has 1 aliphatic rings. The largest absolute Gasteiger partial charge is 0.388 e. The number of hydrogen-bond donors (Lipinski definition) is 2. The van der Waals surface area contributed by atoms with Crippen molar-refractivity contribution in [1.82, 2.24) is 9.97 Å². The number of hydrogen-bond acceptors (Lipinski definition) is 5. The van der Waals surface area contributed by atoms with Crippen LogP contribution >= 0.6 is 11.3 Å². The Hall–Kier alpha value is -1.20. The van der Waals surface area contributed by atoms with Gasteiger partial charge in [-0.2, -0.15) is 0 Å². The third-order valence-electron chi connectivity index (χ3n) is 3.36. The first kappa shape index (κ1) is 10.9. The number of rotatable bonds is 3. The maximum Gasteiger partial charge on any atom is 0.147 e. The number of nitrogens with one attached hydrogen (secondary N) is 1. The van der Waals surface area contributed by atoms with Crippen molar-refractivity contribution in [1.29, 1.82) is 0 Å². The molecule has 17 heavy (non-hydrogen) atoms. The molecular formula is C12H15N3OS. The van der Waals surface area contributed by atoms with Crippen molar-refractivity contribution in [3.63, 3.8) is 0 Å². The van der Waals surface area contributed by atoms with Crippen LogP contribution in [0, 0.1) is 0 Å². The number of nitrogens with zero attached hydrogens (tertiary/aromatic N) is 2. The summed E-state index contributed by atoms with van der Waals surface area (Å²) in [5.41, 5.74) is 0.417. The predicted octanol–water partition coefficient (Wildman–Crippen LogP) is 2.41. The van der Waals surface area contributed by atoms with Gasteiger partial charge in [0.25, 0.3) is 0 Å². The zero-order chi connectivity index (χ0) is 11.7. The van der Waals surface area contributed by atoms with E-state index in [0.29, 0.717) is 6.54 Å². The minimum absolute atomic E-state index is 0.547. The molecule has 90 valence electrons. The second-order valence-corrected chi connectivity index (χ2v) is 5.56. The van der Waals surface area contributed by atoms with Gasteiger partial charge in [-0.1, -0.05) is 12.8 Å². The topological polar surface area (TPSA) is 58.0 Å². The van der Waals surface area contributed by atoms with Crippen molar-refractivity contribution in [2.75, 3.05) is 11.9 Å². The normalized spacial score (nSPS) is 18.6. The van der Waals surface area contributed by atoms with Gasteiger partial charge >= 0.3 is 0 Å². The number of thiophene rings is 1. The maximum atomic E-state index is 10.3. The minimum atomic E-state index is -0.547. The highest BCUT2D eigenvalue weighted by Gasteiger charge is 2.30. The molecule has 0 aromatic carbocycles. The van der Waals surface area contributed by atoms with Crippen LogP contribution in [0.25, 0.3) is 10.2 Å². The Bertz CT molecular complexity index is 519. The average molecular weight is 249 g/mol. The van der Waals surface area contributed by atoms with Crippen LogP contribution in [-0.2, 0) is 0 Å². The van der Waals surface area contributed by atoms with Crippen LogP contribution in [0.4, 0.5) is 5.82 Å². The number of anilines is 1. The van der Waals surface area contributed by atoms with E-state index in [9.17, 15) is 5.11 Å². The van der Waals surface area contributed by atoms with E-state index >= 15 is 0 Å². The molecule has 0 unspecified atom stereocenters. The first-order valence-electron chi connectivity index (χ1n) is 5.91. The van der Waals surface area contributed by atoms with Gasteiger partial charge in [0.05, 0.1) is 15.8 Å². The van der Waals surface area contributed by atoms with Crippen LogP contribution in [0.3, 0.4) is 0 Å². The Morgan fingerprint density at radius 2 is 2.18 bits per heavy atom. The van der Waals surface area contributed by atoms with E-state index in [2.05, 4.69) is 15.3 Å². The molecule has 0 radical (unpaired) electrons. The van der Waals surface area contributed by atoms with Gasteiger partial charge in [-0.15, -0.1) is 11.3 Å². The van der Waals surface area contributed by atoms with E-state index < -0.39 is 5.60 Å². The number of fused-ring (bicyclic) bond motifs is 1. The highest BCUT2D eigenvalue weighted by Crippen LogP contribution is 2.31. The lowest BCUT2D eigenvalue weighted by atomic mass is 10.0. The van der Waals surface area contributed by atoms with Gasteiger partial charge in [-0.05, 0) is 24.3 Å². The van der Waals surface area contributed by atoms with Crippen LogP contribution in [-0.4, -0.2) is 27.2 Å². The molecule has 0 bridgehead atoms. The molecule has 1 saturated carbocycles. The maximum absolute atomic E-state index is 10.3. The zero-order valence-electron chi connectivity index (χ0n) is 9.52. The summed E-state index contributed by atoms with van der Waals surface area (Å²) in [5.74, 6) is 0.838. The second kappa shape index (κ2) is 4.23. The van der Waals surface area contributed by atoms with Gasteiger partial charge in [0, 0.05) is 6.54 Å². The molecule has 0 spiro atoms. The molecule has 2 heterocycles. The average Bonchev–Trinajstić information content (AvgIpc) is 2.95. The Labute approximate surface area is 104 Å². The molecule has 4 nitrogen and oxygen atoms in total. The first-order valence-corrected chi connectivity index (χ1v) is 6.79. The molecule has 2 aromatic heterocycles. The lowest BCUT2D eigenvalue weighted by Gasteiger charge is -2.22. The van der Waals surface area contributed by atoms with Gasteiger partial charge < -0.3 is 10.4 Å². The Morgan fingerprint density at radius 3 is 3.00 bits per heavy atom. The van der Waals surface area contributed by atoms with Crippen molar-refractivity contribution in [2.24, 2.45) is 0 Å². The molecule has 0 saturated heterocycles. The van der Waals surface area contributed by atoms with E-state index in [1.807, 2.05) is 11.4 Å². The summed E-state index contributed by atoms with van der Waals surface area (Å²) in [6.07, 6.45) is 5.58. The molecule has 1 fully saturated rings. The number of aromatic nitrogens is 2. The minimum Gasteiger partial charge on any atom is -0.388 e. The highest BCUT2D eigenvalue weighted by atomic mass is 32.1. The second-order valence-electron chi connectivity index (χ2n) is 4.64. The molecule has 1 aliphatic carbocycles. The van der Waals surface area contributed by atoms with Crippen molar-refractivity contribution in [3.05, 3.63) is 17.8 Å². The first-order chi connectivity index (χ1) is 8.27. The third kappa shape index (κ3) is 2.12. The lowest BCUT2D eigenvalue weighted by molar-refractivity contribution is 0.0614. The van der Waals surface area contributed by atoms with Gasteiger partial charge in [0.2, 0.25) is 0 Å². The lowest BCUT2D eigenvalue weighted by Crippen LogP contribution is -2.33. The van der Waals surface area contributed by atoms with Gasteiger partial charge in [-0.25, -0.2) is 9.97 Å². The van der Waals surface area contributed by atoms with Gasteiger partial charge in [-0.3, -0.25) is 0 Å². The van der Waals surface area contributed by atoms with Crippen LogP contribution in [0.15, 0.2) is 17.8 Å². The molecular weight excluding hydrogens is 234 g/mol. The van der Waals surface area contributed by atoms with E-state index in [0.717, 1.165) is 41.7 Å². The zero-order valence-corrected chi connectivity index (χ0v) is 10.3. The molecule has 5 heteroatoms. The van der Waals surface area contributed by atoms with E-state index in [1.165, 1.54) is 0 Å². The van der Waals surface area contributed by atoms with Crippen molar-refractivity contribution < 1.29 is 5.11 Å². The van der Waals surface area contributed by atoms with Crippen LogP contribution in [0.5, 0.6) is 0 Å². The van der Waals surface area contributed by atoms with Crippen LogP contribution in [0.1, 0.15) is 25.7 Å². The van der Waals surface area contributed by atoms with Gasteiger partial charge in [0.1, 0.15) is 12.1 Å². The van der Waals surface area contributed by atoms with Gasteiger partial charge in [0.15, 0.2) is 0 Å². The van der Waals surface area contributed by atoms with Crippen LogP contribution in [0.2, 0.25) is 0 Å². The molecule has 2 N–H and O–H groups in total. The standard InChI is InChI=1S/C12H15N3OS/c16-12(4-1-2-5-12)7-13-11-10-9(3-6-17-10)14-8-15-11/h3,6,8,16H,1-2,4-5,7H2,(H,13,14,15). The van der Waals surface area contributed by atoms with Crippen molar-refractivity contribution in [2.45, 2.75) is 31.3 Å². The van der Waals surface area contributed by atoms with E-state index in [1.54, 1.807) is 17.7 Å². The molecule has 0 atom stereocenters. The highest BCUT2D eigenvalue weighted by molar-refractivity contribution is 7.17. The Morgan fingerprint density at radius 1 is 1.35 bits per heavy atom. The molecule has 2 aromatic rings. The predicted molar refractivity (Wildman–Crippen MR) is 69.3 cm³/mol. The summed E-state index contributed by atoms with van der Waals surface area (Å²) in [7, 11) is 0. The fourth-order valence-corrected chi connectivity index (χ4v) is 3.18. The summed E-state index contributed by atoms with van der Waals surface area (Å²) in [5, 5.41) is 15.5. The van der Waals surface area contributed by atoms with Crippen LogP contribution < -0.4 is 5.32 Å².